The molecule has 1 aromatic rings. The molecule has 1 heterocycles. The van der Waals surface area contributed by atoms with Gasteiger partial charge in [-0.15, -0.1) is 0 Å². The highest BCUT2D eigenvalue weighted by atomic mass is 16.5. The maximum atomic E-state index is 9.77. The lowest BCUT2D eigenvalue weighted by Crippen LogP contribution is -1.95. The Kier molecular flexibility index (Phi) is 3.50. The van der Waals surface area contributed by atoms with Gasteiger partial charge in [-0.2, -0.15) is 0 Å². The Balaban J connectivity index is 2.34. The standard InChI is InChI=1S/C14H18O2/c1-2-3-6-11-7-5-10-16-14-12(11)8-4-9-13(14)15/h4,7-9,15H,2-3,5-6,10H2,1H3. The van der Waals surface area contributed by atoms with Gasteiger partial charge in [-0.1, -0.05) is 31.6 Å². The third-order valence-electron chi connectivity index (χ3n) is 2.89. The van der Waals surface area contributed by atoms with Gasteiger partial charge in [-0.25, -0.2) is 0 Å². The number of allylic oxidation sites excluding steroid dienone is 1. The average Bonchev–Trinajstić information content (AvgIpc) is 2.50. The minimum absolute atomic E-state index is 0.252. The molecule has 0 aliphatic carbocycles. The Morgan fingerprint density at radius 2 is 2.25 bits per heavy atom. The lowest BCUT2D eigenvalue weighted by molar-refractivity contribution is 0.307. The molecule has 0 spiro atoms. The summed E-state index contributed by atoms with van der Waals surface area (Å²) >= 11 is 0. The van der Waals surface area contributed by atoms with Crippen molar-refractivity contribution in [3.05, 3.63) is 29.8 Å². The number of hydrogen-bond donors (Lipinski definition) is 1. The van der Waals surface area contributed by atoms with Crippen LogP contribution in [0, 0.1) is 0 Å². The predicted molar refractivity (Wildman–Crippen MR) is 65.7 cm³/mol. The average molecular weight is 218 g/mol. The maximum Gasteiger partial charge on any atom is 0.168 e. The van der Waals surface area contributed by atoms with Crippen molar-refractivity contribution in [3.8, 4) is 11.5 Å². The molecule has 0 atom stereocenters. The van der Waals surface area contributed by atoms with E-state index in [1.54, 1.807) is 6.07 Å². The van der Waals surface area contributed by atoms with E-state index in [4.69, 9.17) is 4.74 Å². The Morgan fingerprint density at radius 1 is 1.38 bits per heavy atom. The van der Waals surface area contributed by atoms with Crippen LogP contribution >= 0.6 is 0 Å². The van der Waals surface area contributed by atoms with Crippen molar-refractivity contribution in [3.63, 3.8) is 0 Å². The highest BCUT2D eigenvalue weighted by Crippen LogP contribution is 2.38. The molecule has 0 amide bonds. The Labute approximate surface area is 96.6 Å². The molecule has 2 nitrogen and oxygen atoms in total. The van der Waals surface area contributed by atoms with Crippen LogP contribution in [-0.4, -0.2) is 11.7 Å². The summed E-state index contributed by atoms with van der Waals surface area (Å²) in [6, 6.07) is 5.59. The number of aromatic hydroxyl groups is 1. The van der Waals surface area contributed by atoms with E-state index >= 15 is 0 Å². The number of para-hydroxylation sites is 1. The quantitative estimate of drug-likeness (QED) is 0.837. The van der Waals surface area contributed by atoms with Gasteiger partial charge >= 0.3 is 0 Å². The van der Waals surface area contributed by atoms with Crippen molar-refractivity contribution in [1.29, 1.82) is 0 Å². The first kappa shape index (κ1) is 11.1. The molecule has 1 N–H and O–H groups in total. The van der Waals surface area contributed by atoms with Crippen LogP contribution in [0.3, 0.4) is 0 Å². The first-order valence-corrected chi connectivity index (χ1v) is 5.97. The van der Waals surface area contributed by atoms with Gasteiger partial charge in [0.05, 0.1) is 6.61 Å². The van der Waals surface area contributed by atoms with Crippen LogP contribution in [0.25, 0.3) is 5.57 Å². The maximum absolute atomic E-state index is 9.77. The largest absolute Gasteiger partial charge is 0.504 e. The van der Waals surface area contributed by atoms with Gasteiger partial charge in [0.25, 0.3) is 0 Å². The molecule has 0 bridgehead atoms. The van der Waals surface area contributed by atoms with Crippen LogP contribution in [0.5, 0.6) is 11.5 Å². The minimum atomic E-state index is 0.252. The number of phenols is 1. The van der Waals surface area contributed by atoms with Crippen molar-refractivity contribution >= 4 is 5.57 Å². The van der Waals surface area contributed by atoms with Gasteiger partial charge in [0.1, 0.15) is 0 Å². The summed E-state index contributed by atoms with van der Waals surface area (Å²) in [5.74, 6) is 0.907. The van der Waals surface area contributed by atoms with Gasteiger partial charge in [0.15, 0.2) is 11.5 Å². The summed E-state index contributed by atoms with van der Waals surface area (Å²) in [7, 11) is 0. The molecule has 0 radical (unpaired) electrons. The van der Waals surface area contributed by atoms with Crippen molar-refractivity contribution in [2.45, 2.75) is 32.6 Å². The summed E-state index contributed by atoms with van der Waals surface area (Å²) in [5.41, 5.74) is 2.37. The number of ether oxygens (including phenoxy) is 1. The topological polar surface area (TPSA) is 29.5 Å². The van der Waals surface area contributed by atoms with E-state index in [0.717, 1.165) is 18.4 Å². The third-order valence-corrected chi connectivity index (χ3v) is 2.89. The van der Waals surface area contributed by atoms with E-state index in [1.807, 2.05) is 12.1 Å². The number of hydrogen-bond acceptors (Lipinski definition) is 2. The molecule has 0 saturated carbocycles. The molecule has 2 heteroatoms. The lowest BCUT2D eigenvalue weighted by Gasteiger charge is -2.11. The molecule has 1 aliphatic heterocycles. The summed E-state index contributed by atoms with van der Waals surface area (Å²) in [4.78, 5) is 0. The lowest BCUT2D eigenvalue weighted by atomic mass is 9.98. The summed E-state index contributed by atoms with van der Waals surface area (Å²) in [5, 5.41) is 9.77. The third kappa shape index (κ3) is 2.21. The Morgan fingerprint density at radius 3 is 3.06 bits per heavy atom. The summed E-state index contributed by atoms with van der Waals surface area (Å²) in [6.07, 6.45) is 6.59. The molecule has 1 aliphatic rings. The van der Waals surface area contributed by atoms with Gasteiger partial charge in [0, 0.05) is 12.0 Å². The molecule has 16 heavy (non-hydrogen) atoms. The number of fused-ring (bicyclic) bond motifs is 1. The normalized spacial score (nSPS) is 14.7. The number of benzene rings is 1. The SMILES string of the molecule is CCCCC1=CCCOc2c(O)cccc21. The summed E-state index contributed by atoms with van der Waals surface area (Å²) in [6.45, 7) is 2.84. The van der Waals surface area contributed by atoms with E-state index in [1.165, 1.54) is 18.4 Å². The number of phenolic OH excluding ortho intramolecular Hbond substituents is 1. The highest BCUT2D eigenvalue weighted by Gasteiger charge is 2.15. The zero-order chi connectivity index (χ0) is 11.4. The first-order valence-electron chi connectivity index (χ1n) is 5.97. The monoisotopic (exact) mass is 218 g/mol. The fraction of sp³-hybridized carbons (Fsp3) is 0.429. The second-order valence-electron chi connectivity index (χ2n) is 4.12. The van der Waals surface area contributed by atoms with E-state index in [9.17, 15) is 5.11 Å². The van der Waals surface area contributed by atoms with Crippen LogP contribution in [0.1, 0.15) is 38.2 Å². The van der Waals surface area contributed by atoms with Crippen LogP contribution in [-0.2, 0) is 0 Å². The zero-order valence-electron chi connectivity index (χ0n) is 9.70. The van der Waals surface area contributed by atoms with Crippen LogP contribution in [0.4, 0.5) is 0 Å². The van der Waals surface area contributed by atoms with Crippen molar-refractivity contribution < 1.29 is 9.84 Å². The van der Waals surface area contributed by atoms with Gasteiger partial charge in [-0.3, -0.25) is 0 Å². The summed E-state index contributed by atoms with van der Waals surface area (Å²) < 4.78 is 5.59. The Bertz CT molecular complexity index is 394. The van der Waals surface area contributed by atoms with Crippen molar-refractivity contribution in [1.82, 2.24) is 0 Å². The fourth-order valence-corrected chi connectivity index (χ4v) is 2.04. The van der Waals surface area contributed by atoms with Gasteiger partial charge < -0.3 is 9.84 Å². The smallest absolute Gasteiger partial charge is 0.168 e. The first-order chi connectivity index (χ1) is 7.83. The predicted octanol–water partition coefficient (Wildman–Crippen LogP) is 3.75. The number of unbranched alkanes of at least 4 members (excludes halogenated alkanes) is 1. The molecule has 86 valence electrons. The Hall–Kier alpha value is -1.44. The highest BCUT2D eigenvalue weighted by molar-refractivity contribution is 5.73. The van der Waals surface area contributed by atoms with Crippen LogP contribution in [0.2, 0.25) is 0 Å². The van der Waals surface area contributed by atoms with Gasteiger partial charge in [0.2, 0.25) is 0 Å². The molecule has 0 unspecified atom stereocenters. The van der Waals surface area contributed by atoms with E-state index in [-0.39, 0.29) is 5.75 Å². The van der Waals surface area contributed by atoms with Crippen LogP contribution in [0.15, 0.2) is 24.3 Å². The minimum Gasteiger partial charge on any atom is -0.504 e. The van der Waals surface area contributed by atoms with Crippen molar-refractivity contribution in [2.75, 3.05) is 6.61 Å². The number of rotatable bonds is 3. The van der Waals surface area contributed by atoms with Gasteiger partial charge in [-0.05, 0) is 24.5 Å². The van der Waals surface area contributed by atoms with Crippen LogP contribution < -0.4 is 4.74 Å². The molecular formula is C14H18O2. The van der Waals surface area contributed by atoms with E-state index in [0.29, 0.717) is 12.4 Å². The molecule has 1 aromatic carbocycles. The molecule has 0 fully saturated rings. The fourth-order valence-electron chi connectivity index (χ4n) is 2.04. The van der Waals surface area contributed by atoms with Crippen molar-refractivity contribution in [2.24, 2.45) is 0 Å². The van der Waals surface area contributed by atoms with E-state index < -0.39 is 0 Å². The second kappa shape index (κ2) is 5.06. The molecule has 0 aromatic heterocycles. The second-order valence-corrected chi connectivity index (χ2v) is 4.12. The molecular weight excluding hydrogens is 200 g/mol. The molecule has 2 rings (SSSR count). The zero-order valence-corrected chi connectivity index (χ0v) is 9.70. The van der Waals surface area contributed by atoms with E-state index in [2.05, 4.69) is 13.0 Å². The molecule has 0 saturated heterocycles.